The lowest BCUT2D eigenvalue weighted by Gasteiger charge is -2.44. The summed E-state index contributed by atoms with van der Waals surface area (Å²) in [5, 5.41) is 0.157. The summed E-state index contributed by atoms with van der Waals surface area (Å²) in [5.74, 6) is -1.37. The van der Waals surface area contributed by atoms with Crippen LogP contribution in [0.25, 0.3) is 0 Å². The zero-order valence-electron chi connectivity index (χ0n) is 20.0. The largest absolute Gasteiger partial charge is 0.482 e. The van der Waals surface area contributed by atoms with Gasteiger partial charge in [-0.2, -0.15) is 0 Å². The standard InChI is InChI=1S/C24H29ClFN3O5S/c1-15-9-20(25)10-22(35(32,33)27-18(4)30)24(15)34-14-23(31)29-12-16(2)28(11-17(29)3)13-19-5-7-21(26)8-6-19/h5-10,16-17H,11-14H2,1-4H3,(H,27,30)/t16-,17+/m0/s1. The van der Waals surface area contributed by atoms with Gasteiger partial charge in [-0.15, -0.1) is 0 Å². The Hall–Kier alpha value is -2.69. The van der Waals surface area contributed by atoms with Crippen LogP contribution in [0.2, 0.25) is 5.02 Å². The minimum absolute atomic E-state index is 0.0350. The van der Waals surface area contributed by atoms with Crippen molar-refractivity contribution >= 4 is 33.4 Å². The fourth-order valence-electron chi connectivity index (χ4n) is 4.14. The third-order valence-corrected chi connectivity index (χ3v) is 7.50. The van der Waals surface area contributed by atoms with Gasteiger partial charge in [0, 0.05) is 43.7 Å². The highest BCUT2D eigenvalue weighted by molar-refractivity contribution is 7.90. The van der Waals surface area contributed by atoms with E-state index in [0.717, 1.165) is 12.5 Å². The van der Waals surface area contributed by atoms with Crippen LogP contribution in [-0.4, -0.2) is 61.8 Å². The molecule has 3 rings (SSSR count). The molecular formula is C24H29ClFN3O5S. The molecule has 2 amide bonds. The molecule has 0 bridgehead atoms. The lowest BCUT2D eigenvalue weighted by Crippen LogP contribution is -2.58. The van der Waals surface area contributed by atoms with Gasteiger partial charge in [-0.3, -0.25) is 14.5 Å². The van der Waals surface area contributed by atoms with Crippen LogP contribution in [0.1, 0.15) is 31.9 Å². The molecule has 1 heterocycles. The summed E-state index contributed by atoms with van der Waals surface area (Å²) in [7, 11) is -4.23. The molecule has 35 heavy (non-hydrogen) atoms. The molecule has 0 aromatic heterocycles. The smallest absolute Gasteiger partial charge is 0.267 e. The van der Waals surface area contributed by atoms with Crippen LogP contribution in [0.3, 0.4) is 0 Å². The zero-order chi connectivity index (χ0) is 25.9. The van der Waals surface area contributed by atoms with Gasteiger partial charge < -0.3 is 9.64 Å². The number of amides is 2. The van der Waals surface area contributed by atoms with Crippen molar-refractivity contribution in [2.24, 2.45) is 0 Å². The summed E-state index contributed by atoms with van der Waals surface area (Å²) in [4.78, 5) is 28.0. The van der Waals surface area contributed by atoms with Gasteiger partial charge in [0.25, 0.3) is 15.9 Å². The van der Waals surface area contributed by atoms with Gasteiger partial charge in [0.05, 0.1) is 0 Å². The summed E-state index contributed by atoms with van der Waals surface area (Å²) in [5.41, 5.74) is 1.40. The first-order valence-electron chi connectivity index (χ1n) is 11.1. The fraction of sp³-hybridized carbons (Fsp3) is 0.417. The molecule has 0 saturated carbocycles. The van der Waals surface area contributed by atoms with Crippen molar-refractivity contribution in [3.8, 4) is 5.75 Å². The van der Waals surface area contributed by atoms with Crippen molar-refractivity contribution in [1.29, 1.82) is 0 Å². The van der Waals surface area contributed by atoms with Crippen molar-refractivity contribution in [2.45, 2.75) is 51.2 Å². The number of hydrogen-bond donors (Lipinski definition) is 1. The summed E-state index contributed by atoms with van der Waals surface area (Å²) < 4.78 is 46.0. The Bertz CT molecular complexity index is 1210. The number of aryl methyl sites for hydroxylation is 1. The molecular weight excluding hydrogens is 497 g/mol. The van der Waals surface area contributed by atoms with Crippen LogP contribution < -0.4 is 9.46 Å². The van der Waals surface area contributed by atoms with Crippen molar-refractivity contribution in [2.75, 3.05) is 19.7 Å². The monoisotopic (exact) mass is 525 g/mol. The van der Waals surface area contributed by atoms with E-state index in [4.69, 9.17) is 16.3 Å². The van der Waals surface area contributed by atoms with Crippen LogP contribution in [0.15, 0.2) is 41.3 Å². The summed E-state index contributed by atoms with van der Waals surface area (Å²) in [6.07, 6.45) is 0. The first-order valence-corrected chi connectivity index (χ1v) is 13.0. The Morgan fingerprint density at radius 3 is 2.43 bits per heavy atom. The molecule has 0 spiro atoms. The molecule has 2 aromatic rings. The molecule has 1 N–H and O–H groups in total. The zero-order valence-corrected chi connectivity index (χ0v) is 21.6. The number of carbonyl (C=O) groups is 2. The quantitative estimate of drug-likeness (QED) is 0.597. The second-order valence-electron chi connectivity index (χ2n) is 8.80. The number of hydrogen-bond acceptors (Lipinski definition) is 6. The molecule has 0 aliphatic carbocycles. The molecule has 1 saturated heterocycles. The van der Waals surface area contributed by atoms with E-state index in [-0.39, 0.29) is 46.1 Å². The highest BCUT2D eigenvalue weighted by Crippen LogP contribution is 2.31. The Morgan fingerprint density at radius 2 is 1.80 bits per heavy atom. The Labute approximate surface area is 210 Å². The van der Waals surface area contributed by atoms with Gasteiger partial charge in [-0.25, -0.2) is 17.5 Å². The minimum Gasteiger partial charge on any atom is -0.482 e. The molecule has 1 fully saturated rings. The second-order valence-corrected chi connectivity index (χ2v) is 10.9. The average molecular weight is 526 g/mol. The Balaban J connectivity index is 1.70. The van der Waals surface area contributed by atoms with Gasteiger partial charge in [-0.05, 0) is 56.2 Å². The van der Waals surface area contributed by atoms with Gasteiger partial charge in [0.1, 0.15) is 16.5 Å². The van der Waals surface area contributed by atoms with E-state index in [1.54, 1.807) is 24.0 Å². The van der Waals surface area contributed by atoms with Gasteiger partial charge >= 0.3 is 0 Å². The highest BCUT2D eigenvalue weighted by Gasteiger charge is 2.32. The molecule has 1 aliphatic rings. The van der Waals surface area contributed by atoms with Crippen LogP contribution in [0.4, 0.5) is 4.39 Å². The molecule has 2 atom stereocenters. The number of nitrogens with zero attached hydrogens (tertiary/aromatic N) is 2. The number of piperazine rings is 1. The van der Waals surface area contributed by atoms with Crippen LogP contribution in [-0.2, 0) is 26.2 Å². The van der Waals surface area contributed by atoms with Crippen LogP contribution in [0, 0.1) is 12.7 Å². The SMILES string of the molecule is CC(=O)NS(=O)(=O)c1cc(Cl)cc(C)c1OCC(=O)N1C[C@H](C)N(Cc2ccc(F)cc2)C[C@H]1C. The number of benzene rings is 2. The maximum absolute atomic E-state index is 13.2. The molecule has 8 nitrogen and oxygen atoms in total. The van der Waals surface area contributed by atoms with Gasteiger partial charge in [0.15, 0.2) is 6.61 Å². The summed E-state index contributed by atoms with van der Waals surface area (Å²) in [6.45, 7) is 7.97. The number of sulfonamides is 1. The van der Waals surface area contributed by atoms with Crippen molar-refractivity contribution in [1.82, 2.24) is 14.5 Å². The van der Waals surface area contributed by atoms with E-state index in [0.29, 0.717) is 25.2 Å². The summed E-state index contributed by atoms with van der Waals surface area (Å²) >= 11 is 6.03. The minimum atomic E-state index is -4.23. The highest BCUT2D eigenvalue weighted by atomic mass is 35.5. The van der Waals surface area contributed by atoms with E-state index in [9.17, 15) is 22.4 Å². The fourth-order valence-corrected chi connectivity index (χ4v) is 5.71. The van der Waals surface area contributed by atoms with Crippen molar-refractivity contribution in [3.05, 3.63) is 58.4 Å². The third kappa shape index (κ3) is 6.71. The maximum Gasteiger partial charge on any atom is 0.267 e. The number of carbonyl (C=O) groups excluding carboxylic acids is 2. The van der Waals surface area contributed by atoms with Crippen LogP contribution >= 0.6 is 11.6 Å². The predicted molar refractivity (Wildman–Crippen MR) is 130 cm³/mol. The van der Waals surface area contributed by atoms with E-state index < -0.39 is 15.9 Å². The molecule has 190 valence electrons. The normalized spacial score (nSPS) is 18.9. The number of nitrogens with one attached hydrogen (secondary N) is 1. The van der Waals surface area contributed by atoms with Gasteiger partial charge in [-0.1, -0.05) is 23.7 Å². The van der Waals surface area contributed by atoms with Crippen LogP contribution in [0.5, 0.6) is 5.75 Å². The number of halogens is 2. The summed E-state index contributed by atoms with van der Waals surface area (Å²) in [6, 6.07) is 8.99. The lowest BCUT2D eigenvalue weighted by atomic mass is 10.1. The maximum atomic E-state index is 13.2. The Kier molecular flexibility index (Phi) is 8.40. The Morgan fingerprint density at radius 1 is 1.14 bits per heavy atom. The molecule has 0 radical (unpaired) electrons. The number of ether oxygens (including phenoxy) is 1. The third-order valence-electron chi connectivity index (χ3n) is 5.85. The number of rotatable bonds is 7. The van der Waals surface area contributed by atoms with E-state index in [1.165, 1.54) is 24.3 Å². The lowest BCUT2D eigenvalue weighted by molar-refractivity contribution is -0.139. The predicted octanol–water partition coefficient (Wildman–Crippen LogP) is 3.11. The van der Waals surface area contributed by atoms with E-state index in [2.05, 4.69) is 4.90 Å². The van der Waals surface area contributed by atoms with Crippen molar-refractivity contribution < 1.29 is 27.1 Å². The first-order chi connectivity index (χ1) is 16.4. The average Bonchev–Trinajstić information content (AvgIpc) is 2.75. The van der Waals surface area contributed by atoms with E-state index >= 15 is 0 Å². The second kappa shape index (κ2) is 10.9. The topological polar surface area (TPSA) is 96.0 Å². The molecule has 11 heteroatoms. The van der Waals surface area contributed by atoms with Gasteiger partial charge in [0.2, 0.25) is 5.91 Å². The first kappa shape index (κ1) is 26.9. The van der Waals surface area contributed by atoms with Crippen molar-refractivity contribution in [3.63, 3.8) is 0 Å². The molecule has 2 aromatic carbocycles. The molecule has 1 aliphatic heterocycles. The van der Waals surface area contributed by atoms with E-state index in [1.807, 2.05) is 18.6 Å². The molecule has 0 unspecified atom stereocenters.